The SMILES string of the molecule is CC(C#N)NC(=O)[C@@H](O)C(C)C. The lowest BCUT2D eigenvalue weighted by molar-refractivity contribution is -0.131. The predicted octanol–water partition coefficient (Wildman–Crippen LogP) is 0.0316. The summed E-state index contributed by atoms with van der Waals surface area (Å²) in [5.41, 5.74) is 0. The van der Waals surface area contributed by atoms with Crippen LogP contribution in [0.3, 0.4) is 0 Å². The Labute approximate surface area is 72.2 Å². The molecular weight excluding hydrogens is 156 g/mol. The fourth-order valence-corrected chi connectivity index (χ4v) is 0.634. The molecular formula is C8H14N2O2. The Kier molecular flexibility index (Phi) is 4.30. The highest BCUT2D eigenvalue weighted by molar-refractivity contribution is 5.81. The Balaban J connectivity index is 3.98. The van der Waals surface area contributed by atoms with E-state index in [0.717, 1.165) is 0 Å². The first-order chi connectivity index (χ1) is 5.49. The van der Waals surface area contributed by atoms with Crippen molar-refractivity contribution in [1.29, 1.82) is 5.26 Å². The van der Waals surface area contributed by atoms with E-state index < -0.39 is 18.1 Å². The van der Waals surface area contributed by atoms with Crippen molar-refractivity contribution in [2.24, 2.45) is 5.92 Å². The topological polar surface area (TPSA) is 73.1 Å². The zero-order chi connectivity index (χ0) is 9.72. The van der Waals surface area contributed by atoms with Crippen molar-refractivity contribution in [3.63, 3.8) is 0 Å². The van der Waals surface area contributed by atoms with Gasteiger partial charge in [-0.25, -0.2) is 0 Å². The van der Waals surface area contributed by atoms with Gasteiger partial charge in [-0.1, -0.05) is 13.8 Å². The molecule has 0 aromatic rings. The normalized spacial score (nSPS) is 15.0. The third kappa shape index (κ3) is 3.35. The van der Waals surface area contributed by atoms with Crippen LogP contribution in [0.5, 0.6) is 0 Å². The molecule has 0 aromatic carbocycles. The molecule has 4 nitrogen and oxygen atoms in total. The van der Waals surface area contributed by atoms with E-state index in [4.69, 9.17) is 5.26 Å². The lowest BCUT2D eigenvalue weighted by Gasteiger charge is -2.14. The summed E-state index contributed by atoms with van der Waals surface area (Å²) < 4.78 is 0. The molecule has 2 atom stereocenters. The van der Waals surface area contributed by atoms with Crippen LogP contribution >= 0.6 is 0 Å². The highest BCUT2D eigenvalue weighted by Crippen LogP contribution is 2.00. The number of aliphatic hydroxyl groups excluding tert-OH is 1. The number of carbonyl (C=O) groups excluding carboxylic acids is 1. The van der Waals surface area contributed by atoms with Gasteiger partial charge in [-0.2, -0.15) is 5.26 Å². The summed E-state index contributed by atoms with van der Waals surface area (Å²) in [6.07, 6.45) is -1.03. The van der Waals surface area contributed by atoms with E-state index in [1.54, 1.807) is 20.8 Å². The van der Waals surface area contributed by atoms with Crippen molar-refractivity contribution in [2.45, 2.75) is 32.9 Å². The molecule has 0 heterocycles. The number of nitriles is 1. The smallest absolute Gasteiger partial charge is 0.250 e. The highest BCUT2D eigenvalue weighted by atomic mass is 16.3. The van der Waals surface area contributed by atoms with Crippen LogP contribution < -0.4 is 5.32 Å². The summed E-state index contributed by atoms with van der Waals surface area (Å²) in [5, 5.41) is 19.9. The van der Waals surface area contributed by atoms with Crippen LogP contribution in [0.1, 0.15) is 20.8 Å². The number of amides is 1. The van der Waals surface area contributed by atoms with Crippen LogP contribution in [0, 0.1) is 17.2 Å². The first kappa shape index (κ1) is 10.9. The molecule has 0 saturated carbocycles. The van der Waals surface area contributed by atoms with Crippen LogP contribution in [-0.2, 0) is 4.79 Å². The van der Waals surface area contributed by atoms with Crippen LogP contribution in [0.25, 0.3) is 0 Å². The van der Waals surface area contributed by atoms with Crippen LogP contribution in [0.4, 0.5) is 0 Å². The summed E-state index contributed by atoms with van der Waals surface area (Å²) in [6.45, 7) is 5.04. The van der Waals surface area contributed by atoms with Gasteiger partial charge < -0.3 is 10.4 Å². The van der Waals surface area contributed by atoms with E-state index in [1.165, 1.54) is 0 Å². The van der Waals surface area contributed by atoms with Gasteiger partial charge in [0.2, 0.25) is 5.91 Å². The first-order valence-corrected chi connectivity index (χ1v) is 3.87. The fraction of sp³-hybridized carbons (Fsp3) is 0.750. The van der Waals surface area contributed by atoms with Gasteiger partial charge in [-0.3, -0.25) is 4.79 Å². The number of carbonyl (C=O) groups is 1. The quantitative estimate of drug-likeness (QED) is 0.627. The minimum absolute atomic E-state index is 0.129. The van der Waals surface area contributed by atoms with Gasteiger partial charge in [0.05, 0.1) is 6.07 Å². The second kappa shape index (κ2) is 4.73. The number of hydrogen-bond donors (Lipinski definition) is 2. The molecule has 2 N–H and O–H groups in total. The van der Waals surface area contributed by atoms with Gasteiger partial charge in [0.25, 0.3) is 0 Å². The number of rotatable bonds is 3. The fourth-order valence-electron chi connectivity index (χ4n) is 0.634. The molecule has 68 valence electrons. The summed E-state index contributed by atoms with van der Waals surface area (Å²) in [7, 11) is 0. The molecule has 0 bridgehead atoms. The van der Waals surface area contributed by atoms with Gasteiger partial charge in [0, 0.05) is 0 Å². The van der Waals surface area contributed by atoms with Gasteiger partial charge in [0.15, 0.2) is 0 Å². The zero-order valence-electron chi connectivity index (χ0n) is 7.53. The first-order valence-electron chi connectivity index (χ1n) is 3.87. The van der Waals surface area contributed by atoms with Gasteiger partial charge in [-0.05, 0) is 12.8 Å². The Morgan fingerprint density at radius 3 is 2.33 bits per heavy atom. The maximum atomic E-state index is 11.0. The van der Waals surface area contributed by atoms with E-state index in [9.17, 15) is 9.90 Å². The number of aliphatic hydroxyl groups is 1. The molecule has 0 fully saturated rings. The molecule has 0 spiro atoms. The van der Waals surface area contributed by atoms with E-state index in [2.05, 4.69) is 5.32 Å². The summed E-state index contributed by atoms with van der Waals surface area (Å²) >= 11 is 0. The van der Waals surface area contributed by atoms with Crippen molar-refractivity contribution in [3.8, 4) is 6.07 Å². The molecule has 0 aromatic heterocycles. The van der Waals surface area contributed by atoms with Gasteiger partial charge in [-0.15, -0.1) is 0 Å². The summed E-state index contributed by atoms with van der Waals surface area (Å²) in [5.74, 6) is -0.616. The molecule has 1 unspecified atom stereocenters. The second-order valence-electron chi connectivity index (χ2n) is 3.05. The minimum Gasteiger partial charge on any atom is -0.383 e. The van der Waals surface area contributed by atoms with Gasteiger partial charge in [0.1, 0.15) is 12.1 Å². The number of nitrogens with zero attached hydrogens (tertiary/aromatic N) is 1. The largest absolute Gasteiger partial charge is 0.383 e. The average molecular weight is 170 g/mol. The molecule has 0 aliphatic carbocycles. The Morgan fingerprint density at radius 2 is 2.00 bits per heavy atom. The molecule has 0 aliphatic rings. The number of hydrogen-bond acceptors (Lipinski definition) is 3. The van der Waals surface area contributed by atoms with E-state index in [-0.39, 0.29) is 5.92 Å². The molecule has 0 rings (SSSR count). The average Bonchev–Trinajstić information content (AvgIpc) is 2.02. The molecule has 12 heavy (non-hydrogen) atoms. The zero-order valence-corrected chi connectivity index (χ0v) is 7.53. The maximum Gasteiger partial charge on any atom is 0.250 e. The van der Waals surface area contributed by atoms with E-state index in [0.29, 0.717) is 0 Å². The van der Waals surface area contributed by atoms with Gasteiger partial charge >= 0.3 is 0 Å². The van der Waals surface area contributed by atoms with Crippen molar-refractivity contribution >= 4 is 5.91 Å². The van der Waals surface area contributed by atoms with Crippen molar-refractivity contribution < 1.29 is 9.90 Å². The third-order valence-electron chi connectivity index (χ3n) is 1.45. The standard InChI is InChI=1S/C8H14N2O2/c1-5(2)7(11)8(12)10-6(3)4-9/h5-7,11H,1-3H3,(H,10,12)/t6?,7-/m0/s1. The predicted molar refractivity (Wildman–Crippen MR) is 44.1 cm³/mol. The third-order valence-corrected chi connectivity index (χ3v) is 1.45. The van der Waals surface area contributed by atoms with Crippen LogP contribution in [0.15, 0.2) is 0 Å². The van der Waals surface area contributed by atoms with Crippen LogP contribution in [-0.4, -0.2) is 23.2 Å². The number of nitrogens with one attached hydrogen (secondary N) is 1. The van der Waals surface area contributed by atoms with E-state index in [1.807, 2.05) is 6.07 Å². The van der Waals surface area contributed by atoms with Crippen molar-refractivity contribution in [1.82, 2.24) is 5.32 Å². The molecule has 0 radical (unpaired) electrons. The van der Waals surface area contributed by atoms with Crippen LogP contribution in [0.2, 0.25) is 0 Å². The summed E-state index contributed by atoms with van der Waals surface area (Å²) in [6, 6.07) is 1.30. The molecule has 0 saturated heterocycles. The molecule has 4 heteroatoms. The minimum atomic E-state index is -1.03. The Morgan fingerprint density at radius 1 is 1.50 bits per heavy atom. The molecule has 0 aliphatic heterocycles. The summed E-state index contributed by atoms with van der Waals surface area (Å²) in [4.78, 5) is 11.0. The monoisotopic (exact) mass is 170 g/mol. The lowest BCUT2D eigenvalue weighted by Crippen LogP contribution is -2.41. The van der Waals surface area contributed by atoms with E-state index >= 15 is 0 Å². The second-order valence-corrected chi connectivity index (χ2v) is 3.05. The maximum absolute atomic E-state index is 11.0. The van der Waals surface area contributed by atoms with Crippen molar-refractivity contribution in [3.05, 3.63) is 0 Å². The van der Waals surface area contributed by atoms with Crippen molar-refractivity contribution in [2.75, 3.05) is 0 Å². The molecule has 1 amide bonds. The Bertz CT molecular complexity index is 196. The Hall–Kier alpha value is -1.08. The lowest BCUT2D eigenvalue weighted by atomic mass is 10.1. The highest BCUT2D eigenvalue weighted by Gasteiger charge is 2.19.